The zero-order valence-corrected chi connectivity index (χ0v) is 7.10. The van der Waals surface area contributed by atoms with E-state index >= 15 is 0 Å². The summed E-state index contributed by atoms with van der Waals surface area (Å²) < 4.78 is 0. The largest absolute Gasteiger partial charge is 0.361 e. The number of rotatable bonds is 0. The highest BCUT2D eigenvalue weighted by Gasteiger charge is 2.01. The molecule has 3 heteroatoms. The summed E-state index contributed by atoms with van der Waals surface area (Å²) in [6.45, 7) is 0. The average molecular weight is 182 g/mol. The van der Waals surface area contributed by atoms with Crippen molar-refractivity contribution in [2.24, 2.45) is 0 Å². The number of pyridine rings is 1. The fraction of sp³-hybridized carbons (Fsp3) is 0. The molecule has 12 heavy (non-hydrogen) atoms. The third-order valence-corrected chi connectivity index (χ3v) is 1.66. The van der Waals surface area contributed by atoms with Crippen molar-refractivity contribution in [3.05, 3.63) is 46.8 Å². The van der Waals surface area contributed by atoms with Gasteiger partial charge < -0.3 is 4.98 Å². The molecule has 0 radical (unpaired) electrons. The molecule has 1 aliphatic heterocycles. The van der Waals surface area contributed by atoms with Crippen LogP contribution in [-0.2, 0) is 0 Å². The number of nitrogens with one attached hydrogen (secondary N) is 1. The minimum atomic E-state index is 0. The molecule has 0 spiro atoms. The Kier molecular flexibility index (Phi) is 2.51. The monoisotopic (exact) mass is 181 g/mol. The van der Waals surface area contributed by atoms with Crippen molar-refractivity contribution >= 4 is 12.4 Å². The highest BCUT2D eigenvalue weighted by Crippen LogP contribution is 2.11. The van der Waals surface area contributed by atoms with Gasteiger partial charge in [-0.15, -0.1) is 12.4 Å². The number of hydrogen-bond donors (Lipinski definition) is 1. The van der Waals surface area contributed by atoms with Gasteiger partial charge in [-0.05, 0) is 24.3 Å². The van der Waals surface area contributed by atoms with Gasteiger partial charge >= 0.3 is 0 Å². The highest BCUT2D eigenvalue weighted by molar-refractivity contribution is 5.85. The molecule has 0 bridgehead atoms. The molecule has 1 N–H and O–H groups in total. The quantitative estimate of drug-likeness (QED) is 0.662. The maximum absolute atomic E-state index is 11.2. The molecule has 0 unspecified atom stereocenters. The Morgan fingerprint density at radius 2 is 1.92 bits per heavy atom. The normalized spacial score (nSPS) is 9.33. The first kappa shape index (κ1) is 8.81. The van der Waals surface area contributed by atoms with E-state index in [-0.39, 0.29) is 17.8 Å². The van der Waals surface area contributed by atoms with Crippen LogP contribution in [0.5, 0.6) is 0 Å². The molecule has 0 saturated heterocycles. The van der Waals surface area contributed by atoms with E-state index in [2.05, 4.69) is 4.98 Å². The first-order valence-corrected chi connectivity index (χ1v) is 3.44. The topological polar surface area (TPSA) is 32.9 Å². The van der Waals surface area contributed by atoms with Gasteiger partial charge in [-0.3, -0.25) is 4.79 Å². The number of aromatic amines is 1. The third kappa shape index (κ3) is 1.34. The van der Waals surface area contributed by atoms with E-state index in [1.54, 1.807) is 12.1 Å². The molecule has 2 aliphatic rings. The molecule has 2 rings (SSSR count). The van der Waals surface area contributed by atoms with Crippen LogP contribution in [0.15, 0.2) is 41.3 Å². The summed E-state index contributed by atoms with van der Waals surface area (Å²) in [7, 11) is 0. The molecule has 1 heterocycles. The molecule has 0 saturated carbocycles. The molecule has 62 valence electrons. The summed E-state index contributed by atoms with van der Waals surface area (Å²) in [6, 6.07) is 8.84. The Bertz CT molecular complexity index is 396. The lowest BCUT2D eigenvalue weighted by Crippen LogP contribution is -2.03. The number of hydrogen-bond acceptors (Lipinski definition) is 1. The van der Waals surface area contributed by atoms with Crippen LogP contribution in [0.3, 0.4) is 0 Å². The van der Waals surface area contributed by atoms with Gasteiger partial charge in [0, 0.05) is 17.5 Å². The highest BCUT2D eigenvalue weighted by atomic mass is 35.5. The molecular weight excluding hydrogens is 174 g/mol. The van der Waals surface area contributed by atoms with Crippen molar-refractivity contribution in [3.63, 3.8) is 0 Å². The number of benzene rings is 1. The first-order valence-electron chi connectivity index (χ1n) is 3.44. The summed E-state index contributed by atoms with van der Waals surface area (Å²) in [5.41, 5.74) is 1.70. The van der Waals surface area contributed by atoms with E-state index in [1.807, 2.05) is 24.4 Å². The summed E-state index contributed by atoms with van der Waals surface area (Å²) in [5, 5.41) is 0. The fourth-order valence-electron chi connectivity index (χ4n) is 1.12. The maximum Gasteiger partial charge on any atom is 0.187 e. The Labute approximate surface area is 76.0 Å². The SMILES string of the molecule is Cl.O=c1cccc2[nH]cccc1-2. The molecular formula is C9H8ClNO. The standard InChI is InChI=1S/C9H7NO.ClH/c11-9-5-1-4-8-7(9)3-2-6-10-8;/h1-6,10H;1H. The van der Waals surface area contributed by atoms with Crippen LogP contribution in [0.4, 0.5) is 0 Å². The van der Waals surface area contributed by atoms with Gasteiger partial charge in [0.25, 0.3) is 0 Å². The van der Waals surface area contributed by atoms with Crippen molar-refractivity contribution in [1.29, 1.82) is 0 Å². The minimum absolute atomic E-state index is 0. The van der Waals surface area contributed by atoms with E-state index in [0.29, 0.717) is 0 Å². The van der Waals surface area contributed by atoms with Gasteiger partial charge in [0.05, 0.1) is 0 Å². The molecule has 2 nitrogen and oxygen atoms in total. The fourth-order valence-corrected chi connectivity index (χ4v) is 1.12. The first-order chi connectivity index (χ1) is 5.38. The summed E-state index contributed by atoms with van der Waals surface area (Å²) >= 11 is 0. The Hall–Kier alpha value is -1.28. The summed E-state index contributed by atoms with van der Waals surface area (Å²) in [6.07, 6.45) is 1.81. The minimum Gasteiger partial charge on any atom is -0.361 e. The van der Waals surface area contributed by atoms with Crippen LogP contribution in [0.2, 0.25) is 0 Å². The smallest absolute Gasteiger partial charge is 0.187 e. The summed E-state index contributed by atoms with van der Waals surface area (Å²) in [5.74, 6) is 0. The van der Waals surface area contributed by atoms with E-state index in [9.17, 15) is 4.79 Å². The zero-order valence-electron chi connectivity index (χ0n) is 6.28. The van der Waals surface area contributed by atoms with E-state index in [1.165, 1.54) is 0 Å². The predicted octanol–water partition coefficient (Wildman–Crippen LogP) is 1.90. The van der Waals surface area contributed by atoms with Gasteiger partial charge in [0.15, 0.2) is 5.43 Å². The lowest BCUT2D eigenvalue weighted by molar-refractivity contribution is 1.30. The van der Waals surface area contributed by atoms with Crippen molar-refractivity contribution in [2.75, 3.05) is 0 Å². The van der Waals surface area contributed by atoms with Crippen molar-refractivity contribution in [1.82, 2.24) is 4.98 Å². The van der Waals surface area contributed by atoms with Crippen LogP contribution in [0.1, 0.15) is 0 Å². The molecule has 1 aliphatic carbocycles. The molecule has 0 aromatic heterocycles. The molecule has 0 aromatic rings. The number of halogens is 1. The van der Waals surface area contributed by atoms with Crippen molar-refractivity contribution < 1.29 is 0 Å². The van der Waals surface area contributed by atoms with Crippen LogP contribution >= 0.6 is 12.4 Å². The third-order valence-electron chi connectivity index (χ3n) is 1.66. The van der Waals surface area contributed by atoms with E-state index in [0.717, 1.165) is 11.3 Å². The van der Waals surface area contributed by atoms with E-state index in [4.69, 9.17) is 0 Å². The Morgan fingerprint density at radius 3 is 2.67 bits per heavy atom. The molecule has 0 fully saturated rings. The lowest BCUT2D eigenvalue weighted by Gasteiger charge is -2.00. The Balaban J connectivity index is 0.000000720. The Morgan fingerprint density at radius 1 is 1.08 bits per heavy atom. The van der Waals surface area contributed by atoms with Crippen LogP contribution in [0, 0.1) is 0 Å². The van der Waals surface area contributed by atoms with Gasteiger partial charge in [-0.2, -0.15) is 0 Å². The predicted molar refractivity (Wildman–Crippen MR) is 50.9 cm³/mol. The van der Waals surface area contributed by atoms with Crippen LogP contribution in [-0.4, -0.2) is 4.98 Å². The maximum atomic E-state index is 11.2. The van der Waals surface area contributed by atoms with Gasteiger partial charge in [-0.1, -0.05) is 6.07 Å². The number of H-pyrrole nitrogens is 1. The summed E-state index contributed by atoms with van der Waals surface area (Å²) in [4.78, 5) is 14.2. The van der Waals surface area contributed by atoms with E-state index < -0.39 is 0 Å². The van der Waals surface area contributed by atoms with Crippen LogP contribution in [0.25, 0.3) is 11.3 Å². The molecule has 0 aromatic carbocycles. The van der Waals surface area contributed by atoms with Gasteiger partial charge in [-0.25, -0.2) is 0 Å². The van der Waals surface area contributed by atoms with Crippen LogP contribution < -0.4 is 5.43 Å². The van der Waals surface area contributed by atoms with Gasteiger partial charge in [0.2, 0.25) is 0 Å². The molecule has 0 atom stereocenters. The lowest BCUT2D eigenvalue weighted by atomic mass is 10.1. The average Bonchev–Trinajstić information content (AvgIpc) is 2.06. The van der Waals surface area contributed by atoms with Crippen molar-refractivity contribution in [3.8, 4) is 11.3 Å². The van der Waals surface area contributed by atoms with Crippen molar-refractivity contribution in [2.45, 2.75) is 0 Å². The van der Waals surface area contributed by atoms with Gasteiger partial charge in [0.1, 0.15) is 0 Å². The second kappa shape index (κ2) is 3.41. The second-order valence-corrected chi connectivity index (χ2v) is 2.39. The zero-order chi connectivity index (χ0) is 7.68. The second-order valence-electron chi connectivity index (χ2n) is 2.39. The number of aromatic nitrogens is 1. The number of fused-ring (bicyclic) bond motifs is 1. The molecule has 0 amide bonds.